The van der Waals surface area contributed by atoms with E-state index < -0.39 is 36.4 Å². The van der Waals surface area contributed by atoms with Crippen molar-refractivity contribution in [1.29, 1.82) is 0 Å². The van der Waals surface area contributed by atoms with Crippen LogP contribution in [0.4, 0.5) is 0 Å². The van der Waals surface area contributed by atoms with Crippen LogP contribution < -0.4 is 4.74 Å². The number of aliphatic hydroxyl groups is 3. The van der Waals surface area contributed by atoms with Crippen molar-refractivity contribution in [2.24, 2.45) is 17.8 Å². The van der Waals surface area contributed by atoms with Crippen LogP contribution in [0.3, 0.4) is 0 Å². The van der Waals surface area contributed by atoms with Crippen molar-refractivity contribution < 1.29 is 44.7 Å². The van der Waals surface area contributed by atoms with Crippen LogP contribution in [0.25, 0.3) is 6.08 Å². The van der Waals surface area contributed by atoms with Crippen LogP contribution in [0.2, 0.25) is 0 Å². The molecule has 0 spiro atoms. The maximum atomic E-state index is 13.4. The van der Waals surface area contributed by atoms with Gasteiger partial charge in [-0.05, 0) is 90.0 Å². The summed E-state index contributed by atoms with van der Waals surface area (Å²) in [7, 11) is 1.48. The molecule has 2 aliphatic rings. The Labute approximate surface area is 253 Å². The number of carboxylic acids is 1. The minimum Gasteiger partial charge on any atom is -0.504 e. The third-order valence-electron chi connectivity index (χ3n) is 8.13. The monoisotopic (exact) mass is 685 g/mol. The molecule has 0 bridgehead atoms. The fraction of sp³-hybridized carbons (Fsp3) is 0.567. The number of aromatic hydroxyl groups is 1. The van der Waals surface area contributed by atoms with Gasteiger partial charge in [0.05, 0.1) is 41.8 Å². The fourth-order valence-corrected chi connectivity index (χ4v) is 6.64. The number of benzene rings is 1. The number of rotatable bonds is 15. The van der Waals surface area contributed by atoms with Crippen LogP contribution in [0.5, 0.6) is 11.5 Å². The number of aliphatic hydroxyl groups excluding tert-OH is 3. The van der Waals surface area contributed by atoms with Crippen LogP contribution >= 0.6 is 22.6 Å². The summed E-state index contributed by atoms with van der Waals surface area (Å²) in [5, 5.41) is 50.8. The largest absolute Gasteiger partial charge is 0.504 e. The summed E-state index contributed by atoms with van der Waals surface area (Å²) in [4.78, 5) is 38.5. The van der Waals surface area contributed by atoms with Crippen molar-refractivity contribution in [3.8, 4) is 11.5 Å². The highest BCUT2D eigenvalue weighted by Gasteiger charge is 2.54. The summed E-state index contributed by atoms with van der Waals surface area (Å²) < 4.78 is 5.90. The van der Waals surface area contributed by atoms with E-state index in [1.807, 2.05) is 41.7 Å². The lowest BCUT2D eigenvalue weighted by molar-refractivity contribution is -0.141. The molecular formula is C30H40INO9. The molecule has 1 fully saturated rings. The summed E-state index contributed by atoms with van der Waals surface area (Å²) in [6.45, 7) is 1.36. The topological polar surface area (TPSA) is 165 Å². The van der Waals surface area contributed by atoms with Gasteiger partial charge in [-0.2, -0.15) is 0 Å². The Kier molecular flexibility index (Phi) is 12.2. The molecular weight excluding hydrogens is 645 g/mol. The number of phenols is 1. The van der Waals surface area contributed by atoms with E-state index in [1.54, 1.807) is 6.07 Å². The lowest BCUT2D eigenvalue weighted by atomic mass is 9.68. The normalized spacial score (nSPS) is 21.9. The Morgan fingerprint density at radius 2 is 1.90 bits per heavy atom. The number of carbonyl (C=O) groups excluding carboxylic acids is 2. The standard InChI is InChI=1S/C30H40INO9/c1-3-17(11-18-12-22(31)28(38)24(13-18)41-2)8-9-23(35)26-19(15-33)14-20-27(21(26)16-34)30(40)32(29(20)39)10-6-4-5-7-25(36)37/h11-13,20-21,23,27,33-35,38H,3-10,14-16H2,1-2H3,(H,36,37)/b17-11+/t20-,21+,23-,27-/m1/s1. The summed E-state index contributed by atoms with van der Waals surface area (Å²) >= 11 is 2.03. The first-order valence-corrected chi connectivity index (χ1v) is 15.1. The van der Waals surface area contributed by atoms with Gasteiger partial charge in [-0.25, -0.2) is 0 Å². The summed E-state index contributed by atoms with van der Waals surface area (Å²) in [5.74, 6) is -3.46. The van der Waals surface area contributed by atoms with E-state index >= 15 is 0 Å². The number of unbranched alkanes of at least 4 members (excludes halogenated alkanes) is 2. The molecule has 11 heteroatoms. The van der Waals surface area contributed by atoms with E-state index in [-0.39, 0.29) is 43.6 Å². The maximum absolute atomic E-state index is 13.4. The molecule has 1 aromatic carbocycles. The van der Waals surface area contributed by atoms with Gasteiger partial charge < -0.3 is 30.3 Å². The molecule has 41 heavy (non-hydrogen) atoms. The molecule has 1 aliphatic carbocycles. The van der Waals surface area contributed by atoms with Crippen molar-refractivity contribution in [2.45, 2.75) is 64.4 Å². The number of halogens is 1. The van der Waals surface area contributed by atoms with Crippen molar-refractivity contribution in [2.75, 3.05) is 26.9 Å². The smallest absolute Gasteiger partial charge is 0.303 e. The number of carbonyl (C=O) groups is 3. The predicted molar refractivity (Wildman–Crippen MR) is 160 cm³/mol. The Bertz CT molecular complexity index is 1190. The number of aliphatic carboxylic acids is 1. The molecule has 0 radical (unpaired) electrons. The molecule has 10 nitrogen and oxygen atoms in total. The molecule has 5 N–H and O–H groups in total. The second-order valence-corrected chi connectivity index (χ2v) is 11.8. The van der Waals surface area contributed by atoms with Crippen LogP contribution in [0, 0.1) is 21.3 Å². The zero-order chi connectivity index (χ0) is 30.3. The second kappa shape index (κ2) is 15.1. The van der Waals surface area contributed by atoms with Gasteiger partial charge in [-0.3, -0.25) is 19.3 Å². The highest BCUT2D eigenvalue weighted by Crippen LogP contribution is 2.46. The average Bonchev–Trinajstić information content (AvgIpc) is 3.19. The van der Waals surface area contributed by atoms with E-state index in [4.69, 9.17) is 9.84 Å². The van der Waals surface area contributed by atoms with Crippen molar-refractivity contribution in [1.82, 2.24) is 4.90 Å². The van der Waals surface area contributed by atoms with Crippen molar-refractivity contribution >= 4 is 46.5 Å². The van der Waals surface area contributed by atoms with Crippen molar-refractivity contribution in [3.63, 3.8) is 0 Å². The zero-order valence-electron chi connectivity index (χ0n) is 23.5. The number of methoxy groups -OCH3 is 1. The molecule has 0 unspecified atom stereocenters. The van der Waals surface area contributed by atoms with E-state index in [0.29, 0.717) is 59.0 Å². The number of hydrogen-bond donors (Lipinski definition) is 5. The van der Waals surface area contributed by atoms with Gasteiger partial charge in [-0.1, -0.05) is 25.0 Å². The number of imide groups is 1. The van der Waals surface area contributed by atoms with Gasteiger partial charge in [0.2, 0.25) is 11.8 Å². The molecule has 3 rings (SSSR count). The molecule has 226 valence electrons. The van der Waals surface area contributed by atoms with E-state index in [9.17, 15) is 34.8 Å². The lowest BCUT2D eigenvalue weighted by Gasteiger charge is -2.36. The molecule has 1 saturated heterocycles. The van der Waals surface area contributed by atoms with Gasteiger partial charge in [0.25, 0.3) is 0 Å². The Balaban J connectivity index is 1.75. The Morgan fingerprint density at radius 3 is 2.51 bits per heavy atom. The fourth-order valence-electron chi connectivity index (χ4n) is 6.01. The van der Waals surface area contributed by atoms with Crippen molar-refractivity contribution in [3.05, 3.63) is 38.0 Å². The number of hydrogen-bond acceptors (Lipinski definition) is 8. The van der Waals surface area contributed by atoms with Crippen LogP contribution in [-0.2, 0) is 14.4 Å². The minimum atomic E-state index is -1.02. The number of fused-ring (bicyclic) bond motifs is 1. The average molecular weight is 686 g/mol. The molecule has 4 atom stereocenters. The van der Waals surface area contributed by atoms with Gasteiger partial charge in [-0.15, -0.1) is 0 Å². The molecule has 2 amide bonds. The predicted octanol–water partition coefficient (Wildman–Crippen LogP) is 3.49. The van der Waals surface area contributed by atoms with Gasteiger partial charge >= 0.3 is 5.97 Å². The van der Waals surface area contributed by atoms with Gasteiger partial charge in [0.15, 0.2) is 11.5 Å². The van der Waals surface area contributed by atoms with Crippen LogP contribution in [0.1, 0.15) is 63.9 Å². The first-order valence-electron chi connectivity index (χ1n) is 14.0. The van der Waals surface area contributed by atoms with Gasteiger partial charge in [0.1, 0.15) is 0 Å². The SMILES string of the molecule is CC/C(=C\c1cc(I)c(O)c(OC)c1)CC[C@@H](O)C1=C(CO)C[C@H]2C(=O)N(CCCCCC(=O)O)C(=O)[C@H]2[C@H]1CO. The first kappa shape index (κ1) is 33.0. The number of allylic oxidation sites excluding steroid dienone is 1. The number of nitrogens with zero attached hydrogens (tertiary/aromatic N) is 1. The summed E-state index contributed by atoms with van der Waals surface area (Å²) in [5.41, 5.74) is 2.81. The molecule has 0 saturated carbocycles. The first-order chi connectivity index (χ1) is 19.6. The minimum absolute atomic E-state index is 0.0299. The zero-order valence-corrected chi connectivity index (χ0v) is 25.7. The molecule has 1 aromatic rings. The van der Waals surface area contributed by atoms with Gasteiger partial charge in [0, 0.05) is 18.9 Å². The van der Waals surface area contributed by atoms with Crippen LogP contribution in [0.15, 0.2) is 28.9 Å². The third-order valence-corrected chi connectivity index (χ3v) is 8.95. The number of phenolic OH excluding ortho intramolecular Hbond substituents is 1. The highest BCUT2D eigenvalue weighted by atomic mass is 127. The van der Waals surface area contributed by atoms with Crippen LogP contribution in [-0.4, -0.2) is 81.2 Å². The number of likely N-dealkylation sites (tertiary alicyclic amines) is 1. The Hall–Kier alpha value is -2.48. The number of amides is 2. The quantitative estimate of drug-likeness (QED) is 0.0805. The summed E-state index contributed by atoms with van der Waals surface area (Å²) in [6.07, 6.45) is 4.17. The number of carboxylic acid groups (broad SMARTS) is 1. The summed E-state index contributed by atoms with van der Waals surface area (Å²) in [6, 6.07) is 3.57. The molecule has 1 heterocycles. The van der Waals surface area contributed by atoms with E-state index in [1.165, 1.54) is 12.0 Å². The molecule has 1 aliphatic heterocycles. The highest BCUT2D eigenvalue weighted by molar-refractivity contribution is 14.1. The second-order valence-electron chi connectivity index (χ2n) is 10.6. The third kappa shape index (κ3) is 7.68. The van der Waals surface area contributed by atoms with E-state index in [0.717, 1.165) is 11.1 Å². The maximum Gasteiger partial charge on any atom is 0.303 e. The Morgan fingerprint density at radius 1 is 1.17 bits per heavy atom. The lowest BCUT2D eigenvalue weighted by Crippen LogP contribution is -2.39. The molecule has 0 aromatic heterocycles. The van der Waals surface area contributed by atoms with E-state index in [2.05, 4.69) is 0 Å². The number of ether oxygens (including phenoxy) is 1.